The molecular formula is C18H27ClN2O2. The summed E-state index contributed by atoms with van der Waals surface area (Å²) < 4.78 is 0. The molecule has 1 aliphatic rings. The number of aliphatic hydroxyl groups is 1. The summed E-state index contributed by atoms with van der Waals surface area (Å²) in [5.74, 6) is 0.115. The Balaban J connectivity index is 1.83. The van der Waals surface area contributed by atoms with Gasteiger partial charge in [0.1, 0.15) is 0 Å². The van der Waals surface area contributed by atoms with E-state index in [0.717, 1.165) is 44.5 Å². The van der Waals surface area contributed by atoms with Crippen LogP contribution in [0.3, 0.4) is 0 Å². The number of rotatable bonds is 6. The second kappa shape index (κ2) is 8.67. The van der Waals surface area contributed by atoms with Crippen LogP contribution in [-0.4, -0.2) is 41.6 Å². The molecule has 5 heteroatoms. The van der Waals surface area contributed by atoms with Gasteiger partial charge in [-0.3, -0.25) is 4.79 Å². The molecule has 0 aromatic heterocycles. The fraction of sp³-hybridized carbons (Fsp3) is 0.611. The second-order valence-corrected chi connectivity index (χ2v) is 6.85. The Labute approximate surface area is 143 Å². The van der Waals surface area contributed by atoms with Crippen molar-refractivity contribution in [3.05, 3.63) is 34.9 Å². The number of carbonyl (C=O) groups excluding carboxylic acids is 1. The number of halogens is 1. The first-order valence-electron chi connectivity index (χ1n) is 8.47. The molecule has 1 heterocycles. The van der Waals surface area contributed by atoms with Gasteiger partial charge in [0.25, 0.3) is 0 Å². The topological polar surface area (TPSA) is 52.6 Å². The number of piperidine rings is 1. The molecule has 2 rings (SSSR count). The van der Waals surface area contributed by atoms with Gasteiger partial charge in [-0.05, 0) is 63.5 Å². The predicted octanol–water partition coefficient (Wildman–Crippen LogP) is 3.00. The number of carbonyl (C=O) groups is 1. The molecule has 2 atom stereocenters. The largest absolute Gasteiger partial charge is 0.386 e. The minimum atomic E-state index is -0.726. The molecule has 1 aromatic carbocycles. The third-order valence-electron chi connectivity index (χ3n) is 4.55. The van der Waals surface area contributed by atoms with E-state index in [0.29, 0.717) is 5.02 Å². The smallest absolute Gasteiger partial charge is 0.223 e. The van der Waals surface area contributed by atoms with Crippen LogP contribution in [0, 0.1) is 5.92 Å². The average molecular weight is 339 g/mol. The maximum atomic E-state index is 12.4. The van der Waals surface area contributed by atoms with Crippen LogP contribution in [0.1, 0.15) is 44.8 Å². The molecule has 0 spiro atoms. The molecule has 0 aliphatic carbocycles. The maximum absolute atomic E-state index is 12.4. The number of aliphatic hydroxyl groups excluding tert-OH is 1. The van der Waals surface area contributed by atoms with Gasteiger partial charge in [0.2, 0.25) is 5.91 Å². The highest BCUT2D eigenvalue weighted by molar-refractivity contribution is 6.30. The van der Waals surface area contributed by atoms with Crippen molar-refractivity contribution in [1.82, 2.24) is 10.2 Å². The monoisotopic (exact) mass is 338 g/mol. The first-order chi connectivity index (χ1) is 11.0. The van der Waals surface area contributed by atoms with E-state index in [1.807, 2.05) is 6.92 Å². The van der Waals surface area contributed by atoms with Gasteiger partial charge in [0, 0.05) is 10.9 Å². The molecule has 1 saturated heterocycles. The highest BCUT2D eigenvalue weighted by Gasteiger charge is 2.27. The molecule has 0 radical (unpaired) electrons. The van der Waals surface area contributed by atoms with Gasteiger partial charge in [-0.25, -0.2) is 0 Å². The van der Waals surface area contributed by atoms with Gasteiger partial charge in [-0.15, -0.1) is 0 Å². The Morgan fingerprint density at radius 2 is 1.96 bits per heavy atom. The van der Waals surface area contributed by atoms with E-state index in [4.69, 9.17) is 11.6 Å². The summed E-state index contributed by atoms with van der Waals surface area (Å²) in [5, 5.41) is 14.0. The standard InChI is InChI=1S/C18H27ClN2O2/c1-3-10-21-11-8-15(9-12-21)18(23)20-13(2)17(22)14-4-6-16(19)7-5-14/h4-7,13,15,17,22H,3,8-12H2,1-2H3,(H,20,23). The Hall–Kier alpha value is -1.10. The third kappa shape index (κ3) is 5.20. The van der Waals surface area contributed by atoms with E-state index in [-0.39, 0.29) is 17.9 Å². The van der Waals surface area contributed by atoms with E-state index in [2.05, 4.69) is 17.1 Å². The van der Waals surface area contributed by atoms with Crippen molar-refractivity contribution in [1.29, 1.82) is 0 Å². The zero-order chi connectivity index (χ0) is 16.8. The molecule has 128 valence electrons. The summed E-state index contributed by atoms with van der Waals surface area (Å²) >= 11 is 5.86. The molecule has 1 aromatic rings. The molecule has 1 aliphatic heterocycles. The van der Waals surface area contributed by atoms with Gasteiger partial charge in [-0.2, -0.15) is 0 Å². The lowest BCUT2D eigenvalue weighted by Gasteiger charge is -2.32. The molecule has 2 unspecified atom stereocenters. The van der Waals surface area contributed by atoms with Gasteiger partial charge < -0.3 is 15.3 Å². The van der Waals surface area contributed by atoms with Crippen LogP contribution in [0.25, 0.3) is 0 Å². The first-order valence-corrected chi connectivity index (χ1v) is 8.85. The van der Waals surface area contributed by atoms with E-state index < -0.39 is 6.10 Å². The van der Waals surface area contributed by atoms with Crippen LogP contribution in [0.2, 0.25) is 5.02 Å². The SMILES string of the molecule is CCCN1CCC(C(=O)NC(C)C(O)c2ccc(Cl)cc2)CC1. The molecule has 4 nitrogen and oxygen atoms in total. The van der Waals surface area contributed by atoms with Gasteiger partial charge in [-0.1, -0.05) is 30.7 Å². The van der Waals surface area contributed by atoms with Crippen molar-refractivity contribution in [2.75, 3.05) is 19.6 Å². The molecule has 0 saturated carbocycles. The predicted molar refractivity (Wildman–Crippen MR) is 93.5 cm³/mol. The van der Waals surface area contributed by atoms with Crippen molar-refractivity contribution in [3.63, 3.8) is 0 Å². The minimum absolute atomic E-state index is 0.0571. The summed E-state index contributed by atoms with van der Waals surface area (Å²) in [7, 11) is 0. The summed E-state index contributed by atoms with van der Waals surface area (Å²) in [4.78, 5) is 14.8. The van der Waals surface area contributed by atoms with E-state index in [9.17, 15) is 9.90 Å². The van der Waals surface area contributed by atoms with Gasteiger partial charge in [0.15, 0.2) is 0 Å². The van der Waals surface area contributed by atoms with Crippen LogP contribution in [0.15, 0.2) is 24.3 Å². The molecule has 0 bridgehead atoms. The van der Waals surface area contributed by atoms with E-state index in [1.54, 1.807) is 24.3 Å². The summed E-state index contributed by atoms with van der Waals surface area (Å²) in [5.41, 5.74) is 0.764. The van der Waals surface area contributed by atoms with E-state index >= 15 is 0 Å². The average Bonchev–Trinajstić information content (AvgIpc) is 2.55. The number of likely N-dealkylation sites (tertiary alicyclic amines) is 1. The third-order valence-corrected chi connectivity index (χ3v) is 4.81. The van der Waals surface area contributed by atoms with Crippen LogP contribution < -0.4 is 5.32 Å². The summed E-state index contributed by atoms with van der Waals surface area (Å²) in [6.45, 7) is 7.10. The van der Waals surface area contributed by atoms with Crippen molar-refractivity contribution < 1.29 is 9.90 Å². The number of hydrogen-bond donors (Lipinski definition) is 2. The Morgan fingerprint density at radius 1 is 1.35 bits per heavy atom. The van der Waals surface area contributed by atoms with Crippen molar-refractivity contribution >= 4 is 17.5 Å². The highest BCUT2D eigenvalue weighted by Crippen LogP contribution is 2.21. The van der Waals surface area contributed by atoms with Crippen LogP contribution in [0.4, 0.5) is 0 Å². The summed E-state index contributed by atoms with van der Waals surface area (Å²) in [6.07, 6.45) is 2.23. The van der Waals surface area contributed by atoms with Crippen LogP contribution >= 0.6 is 11.6 Å². The summed E-state index contributed by atoms with van der Waals surface area (Å²) in [6, 6.07) is 6.76. The Kier molecular flexibility index (Phi) is 6.88. The second-order valence-electron chi connectivity index (χ2n) is 6.41. The fourth-order valence-corrected chi connectivity index (χ4v) is 3.23. The van der Waals surface area contributed by atoms with E-state index in [1.165, 1.54) is 0 Å². The van der Waals surface area contributed by atoms with Crippen molar-refractivity contribution in [2.24, 2.45) is 5.92 Å². The zero-order valence-corrected chi connectivity index (χ0v) is 14.7. The molecule has 1 amide bonds. The van der Waals surface area contributed by atoms with Crippen molar-refractivity contribution in [3.8, 4) is 0 Å². The Bertz CT molecular complexity index is 498. The molecular weight excluding hydrogens is 312 g/mol. The number of nitrogens with one attached hydrogen (secondary N) is 1. The van der Waals surface area contributed by atoms with Crippen LogP contribution in [0.5, 0.6) is 0 Å². The Morgan fingerprint density at radius 3 is 2.52 bits per heavy atom. The number of hydrogen-bond acceptors (Lipinski definition) is 3. The highest BCUT2D eigenvalue weighted by atomic mass is 35.5. The van der Waals surface area contributed by atoms with Crippen molar-refractivity contribution in [2.45, 2.75) is 45.3 Å². The zero-order valence-electron chi connectivity index (χ0n) is 14.0. The van der Waals surface area contributed by atoms with Crippen LogP contribution in [-0.2, 0) is 4.79 Å². The number of nitrogens with zero attached hydrogens (tertiary/aromatic N) is 1. The number of benzene rings is 1. The van der Waals surface area contributed by atoms with Gasteiger partial charge in [0.05, 0.1) is 12.1 Å². The maximum Gasteiger partial charge on any atom is 0.223 e. The lowest BCUT2D eigenvalue weighted by Crippen LogP contribution is -2.44. The fourth-order valence-electron chi connectivity index (χ4n) is 3.10. The lowest BCUT2D eigenvalue weighted by molar-refractivity contribution is -0.127. The molecule has 2 N–H and O–H groups in total. The minimum Gasteiger partial charge on any atom is -0.386 e. The normalized spacial score (nSPS) is 19.3. The quantitative estimate of drug-likeness (QED) is 0.838. The van der Waals surface area contributed by atoms with Gasteiger partial charge >= 0.3 is 0 Å². The number of amides is 1. The molecule has 23 heavy (non-hydrogen) atoms. The first kappa shape index (κ1) is 18.2. The lowest BCUT2D eigenvalue weighted by atomic mass is 9.94. The molecule has 1 fully saturated rings.